The van der Waals surface area contributed by atoms with Crippen molar-refractivity contribution in [1.29, 1.82) is 0 Å². The van der Waals surface area contributed by atoms with Crippen LogP contribution in [-0.2, 0) is 11.2 Å². The van der Waals surface area contributed by atoms with Gasteiger partial charge in [-0.3, -0.25) is 4.79 Å². The molecule has 0 radical (unpaired) electrons. The Labute approximate surface area is 132 Å². The Morgan fingerprint density at radius 3 is 2.52 bits per heavy atom. The van der Waals surface area contributed by atoms with E-state index in [0.717, 1.165) is 5.56 Å². The minimum atomic E-state index is -0.331. The number of carbonyl (C=O) groups excluding carboxylic acids is 1. The molecule has 2 aromatic rings. The summed E-state index contributed by atoms with van der Waals surface area (Å²) in [7, 11) is 0. The zero-order valence-corrected chi connectivity index (χ0v) is 12.2. The average Bonchev–Trinajstić information content (AvgIpc) is 2.88. The van der Waals surface area contributed by atoms with Gasteiger partial charge in [0.2, 0.25) is 0 Å². The summed E-state index contributed by atoms with van der Waals surface area (Å²) in [5.74, 6) is -0.352. The molecule has 0 fully saturated rings. The molecule has 1 aliphatic heterocycles. The first-order chi connectivity index (χ1) is 11.1. The lowest BCUT2D eigenvalue weighted by Crippen LogP contribution is -2.24. The van der Waals surface area contributed by atoms with Crippen molar-refractivity contribution in [2.75, 3.05) is 0 Å². The Hall–Kier alpha value is -2.82. The molecule has 1 aliphatic rings. The lowest BCUT2D eigenvalue weighted by atomic mass is 10.1. The molecular formula is C18H14F2N2O. The number of amides is 1. The van der Waals surface area contributed by atoms with Gasteiger partial charge in [-0.1, -0.05) is 24.3 Å². The number of nitrogens with zero attached hydrogens (tertiary/aromatic N) is 1. The molecule has 0 spiro atoms. The predicted molar refractivity (Wildman–Crippen MR) is 84.7 cm³/mol. The summed E-state index contributed by atoms with van der Waals surface area (Å²) in [4.78, 5) is 16.1. The number of carbonyl (C=O) groups is 1. The van der Waals surface area contributed by atoms with Gasteiger partial charge in [0.05, 0.1) is 0 Å². The minimum absolute atomic E-state index is 0.281. The maximum Gasteiger partial charge on any atom is 0.275 e. The van der Waals surface area contributed by atoms with E-state index >= 15 is 0 Å². The van der Waals surface area contributed by atoms with E-state index < -0.39 is 0 Å². The normalized spacial score (nSPS) is 15.7. The van der Waals surface area contributed by atoms with Gasteiger partial charge in [0.15, 0.2) is 0 Å². The number of halogens is 2. The number of rotatable bonds is 4. The summed E-state index contributed by atoms with van der Waals surface area (Å²) in [5, 5.41) is 2.70. The molecule has 0 saturated heterocycles. The number of benzene rings is 2. The predicted octanol–water partition coefficient (Wildman–Crippen LogP) is 3.47. The van der Waals surface area contributed by atoms with E-state index in [1.807, 2.05) is 6.07 Å². The second-order valence-corrected chi connectivity index (χ2v) is 5.22. The van der Waals surface area contributed by atoms with E-state index in [-0.39, 0.29) is 23.2 Å². The summed E-state index contributed by atoms with van der Waals surface area (Å²) in [6.45, 7) is 0. The van der Waals surface area contributed by atoms with Crippen molar-refractivity contribution in [1.82, 2.24) is 5.32 Å². The summed E-state index contributed by atoms with van der Waals surface area (Å²) >= 11 is 0. The maximum absolute atomic E-state index is 13.1. The van der Waals surface area contributed by atoms with Gasteiger partial charge < -0.3 is 5.32 Å². The Balaban J connectivity index is 1.70. The molecule has 3 nitrogen and oxygen atoms in total. The molecule has 2 aromatic carbocycles. The fourth-order valence-corrected chi connectivity index (χ4v) is 2.31. The highest BCUT2D eigenvalue weighted by Crippen LogP contribution is 2.15. The van der Waals surface area contributed by atoms with Crippen LogP contribution in [0, 0.1) is 11.6 Å². The highest BCUT2D eigenvalue weighted by atomic mass is 19.1. The Morgan fingerprint density at radius 1 is 1.00 bits per heavy atom. The fourth-order valence-electron chi connectivity index (χ4n) is 2.31. The van der Waals surface area contributed by atoms with Crippen molar-refractivity contribution < 1.29 is 13.6 Å². The molecule has 0 aliphatic carbocycles. The van der Waals surface area contributed by atoms with Gasteiger partial charge in [-0.15, -0.1) is 0 Å². The number of aliphatic imine (C=N–C) groups is 1. The van der Waals surface area contributed by atoms with Gasteiger partial charge in [-0.05, 0) is 47.9 Å². The van der Waals surface area contributed by atoms with Gasteiger partial charge in [0, 0.05) is 6.42 Å². The molecule has 1 amide bonds. The van der Waals surface area contributed by atoms with Crippen LogP contribution in [0.1, 0.15) is 17.5 Å². The fraction of sp³-hybridized carbons (Fsp3) is 0.111. The van der Waals surface area contributed by atoms with Crippen LogP contribution < -0.4 is 5.32 Å². The summed E-state index contributed by atoms with van der Waals surface area (Å²) in [6.07, 6.45) is 2.70. The van der Waals surface area contributed by atoms with Gasteiger partial charge in [-0.2, -0.15) is 0 Å². The molecule has 0 saturated carbocycles. The average molecular weight is 312 g/mol. The third kappa shape index (κ3) is 3.88. The number of hydrogen-bond donors (Lipinski definition) is 1. The number of amidine groups is 1. The molecule has 0 bridgehead atoms. The highest BCUT2D eigenvalue weighted by molar-refractivity contribution is 6.14. The maximum atomic E-state index is 13.1. The van der Waals surface area contributed by atoms with Crippen LogP contribution in [0.15, 0.2) is 59.2 Å². The Morgan fingerprint density at radius 2 is 1.78 bits per heavy atom. The van der Waals surface area contributed by atoms with Crippen molar-refractivity contribution in [3.8, 4) is 0 Å². The highest BCUT2D eigenvalue weighted by Gasteiger charge is 2.19. The SMILES string of the molecule is O=C1NC(CCc2cccc(F)c2)=N/C1=C/c1ccc(F)cc1. The van der Waals surface area contributed by atoms with E-state index in [1.165, 1.54) is 24.3 Å². The third-order valence-electron chi connectivity index (χ3n) is 3.46. The molecular weight excluding hydrogens is 298 g/mol. The van der Waals surface area contributed by atoms with E-state index in [9.17, 15) is 13.6 Å². The molecule has 23 heavy (non-hydrogen) atoms. The van der Waals surface area contributed by atoms with Crippen molar-refractivity contribution in [3.05, 3.63) is 77.0 Å². The molecule has 0 unspecified atom stereocenters. The van der Waals surface area contributed by atoms with E-state index in [4.69, 9.17) is 0 Å². The van der Waals surface area contributed by atoms with E-state index in [0.29, 0.717) is 24.2 Å². The molecule has 116 valence electrons. The largest absolute Gasteiger partial charge is 0.309 e. The minimum Gasteiger partial charge on any atom is -0.309 e. The second-order valence-electron chi connectivity index (χ2n) is 5.22. The van der Waals surface area contributed by atoms with Crippen LogP contribution in [0.2, 0.25) is 0 Å². The monoisotopic (exact) mass is 312 g/mol. The van der Waals surface area contributed by atoms with Crippen molar-refractivity contribution >= 4 is 17.8 Å². The first kappa shape index (κ1) is 15.1. The summed E-state index contributed by atoms with van der Waals surface area (Å²) in [5.41, 5.74) is 1.83. The van der Waals surface area contributed by atoms with Crippen LogP contribution >= 0.6 is 0 Å². The Kier molecular flexibility index (Phi) is 4.28. The summed E-state index contributed by atoms with van der Waals surface area (Å²) < 4.78 is 26.0. The lowest BCUT2D eigenvalue weighted by Gasteiger charge is -2.01. The Bertz CT molecular complexity index is 795. The topological polar surface area (TPSA) is 41.5 Å². The molecule has 3 rings (SSSR count). The zero-order valence-electron chi connectivity index (χ0n) is 12.2. The second kappa shape index (κ2) is 6.52. The molecule has 0 aromatic heterocycles. The first-order valence-electron chi connectivity index (χ1n) is 7.21. The summed E-state index contributed by atoms with van der Waals surface area (Å²) in [6, 6.07) is 12.1. The smallest absolute Gasteiger partial charge is 0.275 e. The third-order valence-corrected chi connectivity index (χ3v) is 3.46. The first-order valence-corrected chi connectivity index (χ1v) is 7.21. The number of nitrogens with one attached hydrogen (secondary N) is 1. The van der Waals surface area contributed by atoms with E-state index in [2.05, 4.69) is 10.3 Å². The van der Waals surface area contributed by atoms with Crippen molar-refractivity contribution in [3.63, 3.8) is 0 Å². The zero-order chi connectivity index (χ0) is 16.2. The molecule has 5 heteroatoms. The lowest BCUT2D eigenvalue weighted by molar-refractivity contribution is -0.115. The van der Waals surface area contributed by atoms with Crippen LogP contribution in [0.3, 0.4) is 0 Å². The van der Waals surface area contributed by atoms with Crippen LogP contribution in [0.25, 0.3) is 6.08 Å². The molecule has 0 atom stereocenters. The van der Waals surface area contributed by atoms with Gasteiger partial charge >= 0.3 is 0 Å². The number of aryl methyl sites for hydroxylation is 1. The quantitative estimate of drug-likeness (QED) is 0.863. The van der Waals surface area contributed by atoms with Gasteiger partial charge in [0.25, 0.3) is 5.91 Å². The molecule has 1 heterocycles. The van der Waals surface area contributed by atoms with E-state index in [1.54, 1.807) is 24.3 Å². The van der Waals surface area contributed by atoms with Gasteiger partial charge in [0.1, 0.15) is 23.2 Å². The van der Waals surface area contributed by atoms with Crippen molar-refractivity contribution in [2.45, 2.75) is 12.8 Å². The van der Waals surface area contributed by atoms with Crippen LogP contribution in [-0.4, -0.2) is 11.7 Å². The van der Waals surface area contributed by atoms with Crippen LogP contribution in [0.4, 0.5) is 8.78 Å². The van der Waals surface area contributed by atoms with Crippen molar-refractivity contribution in [2.24, 2.45) is 4.99 Å². The van der Waals surface area contributed by atoms with Crippen LogP contribution in [0.5, 0.6) is 0 Å². The number of hydrogen-bond acceptors (Lipinski definition) is 2. The standard InChI is InChI=1S/C18H14F2N2O/c19-14-7-4-13(5-8-14)11-16-18(23)22-17(21-16)9-6-12-2-1-3-15(20)10-12/h1-5,7-8,10-11H,6,9H2,(H,21,22,23)/b16-11+. The molecule has 1 N–H and O–H groups in total. The van der Waals surface area contributed by atoms with Gasteiger partial charge in [-0.25, -0.2) is 13.8 Å².